The topological polar surface area (TPSA) is 68.1 Å². The van der Waals surface area contributed by atoms with Crippen molar-refractivity contribution < 1.29 is 4.74 Å². The van der Waals surface area contributed by atoms with E-state index >= 15 is 0 Å². The summed E-state index contributed by atoms with van der Waals surface area (Å²) in [6, 6.07) is 0.798. The van der Waals surface area contributed by atoms with Crippen LogP contribution in [-0.2, 0) is 10.3 Å². The summed E-state index contributed by atoms with van der Waals surface area (Å²) in [6.07, 6.45) is 6.35. The third-order valence-corrected chi connectivity index (χ3v) is 4.73. The summed E-state index contributed by atoms with van der Waals surface area (Å²) in [5.74, 6) is 0.836. The first-order valence-electron chi connectivity index (χ1n) is 8.81. The standard InChI is InChI=1S/C17H26N6O/c1-17(2,3)23-16-14(9-21-23)15(19-11-20-16)18-8-13-10-22(6-7-24-13)12-4-5-12/h9,11-13H,4-8,10H2,1-3H3,(H,18,19,20). The van der Waals surface area contributed by atoms with Crippen molar-refractivity contribution >= 4 is 16.9 Å². The highest BCUT2D eigenvalue weighted by Crippen LogP contribution is 2.28. The van der Waals surface area contributed by atoms with Gasteiger partial charge in [0.2, 0.25) is 0 Å². The molecule has 1 aliphatic carbocycles. The third-order valence-electron chi connectivity index (χ3n) is 4.73. The Labute approximate surface area is 142 Å². The molecule has 0 bridgehead atoms. The molecule has 7 heteroatoms. The summed E-state index contributed by atoms with van der Waals surface area (Å²) in [7, 11) is 0. The molecule has 24 heavy (non-hydrogen) atoms. The van der Waals surface area contributed by atoms with E-state index in [4.69, 9.17) is 4.74 Å². The normalized spacial score (nSPS) is 22.9. The number of ether oxygens (including phenoxy) is 1. The number of morpholine rings is 1. The Bertz CT molecular complexity index is 717. The van der Waals surface area contributed by atoms with Gasteiger partial charge in [-0.15, -0.1) is 0 Å². The molecule has 1 unspecified atom stereocenters. The molecule has 1 aliphatic heterocycles. The molecule has 2 aliphatic rings. The molecule has 0 aromatic carbocycles. The second kappa shape index (κ2) is 5.97. The van der Waals surface area contributed by atoms with Crippen LogP contribution in [0.4, 0.5) is 5.82 Å². The maximum Gasteiger partial charge on any atom is 0.163 e. The number of aromatic nitrogens is 4. The number of fused-ring (bicyclic) bond motifs is 1. The Hall–Kier alpha value is -1.73. The van der Waals surface area contributed by atoms with Crippen molar-refractivity contribution in [2.75, 3.05) is 31.6 Å². The van der Waals surface area contributed by atoms with Crippen LogP contribution in [0.3, 0.4) is 0 Å². The largest absolute Gasteiger partial charge is 0.374 e. The first-order chi connectivity index (χ1) is 11.5. The lowest BCUT2D eigenvalue weighted by Crippen LogP contribution is -2.46. The summed E-state index contributed by atoms with van der Waals surface area (Å²) in [5, 5.41) is 8.91. The summed E-state index contributed by atoms with van der Waals surface area (Å²) in [5.41, 5.74) is 0.758. The van der Waals surface area contributed by atoms with Crippen LogP contribution < -0.4 is 5.32 Å². The smallest absolute Gasteiger partial charge is 0.163 e. The highest BCUT2D eigenvalue weighted by Gasteiger charge is 2.33. The quantitative estimate of drug-likeness (QED) is 0.923. The fourth-order valence-electron chi connectivity index (χ4n) is 3.32. The van der Waals surface area contributed by atoms with Crippen molar-refractivity contribution in [1.82, 2.24) is 24.6 Å². The number of nitrogens with one attached hydrogen (secondary N) is 1. The molecule has 2 aromatic heterocycles. The van der Waals surface area contributed by atoms with Crippen LogP contribution in [0.1, 0.15) is 33.6 Å². The molecular weight excluding hydrogens is 304 g/mol. The number of hydrogen-bond acceptors (Lipinski definition) is 6. The van der Waals surface area contributed by atoms with Crippen LogP contribution in [0.2, 0.25) is 0 Å². The van der Waals surface area contributed by atoms with Crippen molar-refractivity contribution in [1.29, 1.82) is 0 Å². The van der Waals surface area contributed by atoms with Gasteiger partial charge in [-0.2, -0.15) is 5.10 Å². The summed E-state index contributed by atoms with van der Waals surface area (Å²) in [6.45, 7) is 10.0. The van der Waals surface area contributed by atoms with Crippen LogP contribution in [0.5, 0.6) is 0 Å². The van der Waals surface area contributed by atoms with Gasteiger partial charge in [0.25, 0.3) is 0 Å². The van der Waals surface area contributed by atoms with Crippen molar-refractivity contribution in [3.63, 3.8) is 0 Å². The lowest BCUT2D eigenvalue weighted by Gasteiger charge is -2.33. The average molecular weight is 330 g/mol. The van der Waals surface area contributed by atoms with E-state index in [-0.39, 0.29) is 11.6 Å². The van der Waals surface area contributed by atoms with E-state index in [1.54, 1.807) is 6.33 Å². The molecule has 3 heterocycles. The van der Waals surface area contributed by atoms with Crippen molar-refractivity contribution in [2.24, 2.45) is 0 Å². The number of nitrogens with zero attached hydrogens (tertiary/aromatic N) is 5. The van der Waals surface area contributed by atoms with E-state index in [0.717, 1.165) is 49.1 Å². The Morgan fingerprint density at radius 3 is 2.88 bits per heavy atom. The minimum absolute atomic E-state index is 0.107. The fourth-order valence-corrected chi connectivity index (χ4v) is 3.32. The zero-order valence-electron chi connectivity index (χ0n) is 14.7. The number of rotatable bonds is 4. The maximum absolute atomic E-state index is 5.91. The minimum atomic E-state index is -0.107. The zero-order valence-corrected chi connectivity index (χ0v) is 14.7. The predicted molar refractivity (Wildman–Crippen MR) is 93.1 cm³/mol. The molecule has 0 spiro atoms. The first-order valence-corrected chi connectivity index (χ1v) is 8.81. The van der Waals surface area contributed by atoms with Gasteiger partial charge in [-0.25, -0.2) is 14.6 Å². The molecule has 7 nitrogen and oxygen atoms in total. The molecular formula is C17H26N6O. The monoisotopic (exact) mass is 330 g/mol. The van der Waals surface area contributed by atoms with Gasteiger partial charge in [0.15, 0.2) is 5.65 Å². The second-order valence-corrected chi connectivity index (χ2v) is 7.79. The molecule has 2 fully saturated rings. The second-order valence-electron chi connectivity index (χ2n) is 7.79. The summed E-state index contributed by atoms with van der Waals surface area (Å²) in [4.78, 5) is 11.4. The highest BCUT2D eigenvalue weighted by atomic mass is 16.5. The Morgan fingerprint density at radius 1 is 1.29 bits per heavy atom. The Balaban J connectivity index is 1.47. The lowest BCUT2D eigenvalue weighted by molar-refractivity contribution is -0.0241. The maximum atomic E-state index is 5.91. The van der Waals surface area contributed by atoms with Gasteiger partial charge in [0.05, 0.1) is 29.8 Å². The Morgan fingerprint density at radius 2 is 2.12 bits per heavy atom. The molecule has 4 rings (SSSR count). The zero-order chi connectivity index (χ0) is 16.7. The molecule has 130 valence electrons. The van der Waals surface area contributed by atoms with Gasteiger partial charge in [-0.3, -0.25) is 4.90 Å². The minimum Gasteiger partial charge on any atom is -0.374 e. The van der Waals surface area contributed by atoms with Crippen LogP contribution in [0.15, 0.2) is 12.5 Å². The van der Waals surface area contributed by atoms with Crippen molar-refractivity contribution in [2.45, 2.75) is 51.3 Å². The first kappa shape index (κ1) is 15.8. The van der Waals surface area contributed by atoms with E-state index in [9.17, 15) is 0 Å². The average Bonchev–Trinajstić information content (AvgIpc) is 3.30. The molecule has 1 saturated carbocycles. The van der Waals surface area contributed by atoms with Gasteiger partial charge < -0.3 is 10.1 Å². The molecule has 0 amide bonds. The van der Waals surface area contributed by atoms with Gasteiger partial charge in [0, 0.05) is 25.7 Å². The Kier molecular flexibility index (Phi) is 3.92. The lowest BCUT2D eigenvalue weighted by atomic mass is 10.1. The fraction of sp³-hybridized carbons (Fsp3) is 0.706. The molecule has 1 atom stereocenters. The molecule has 1 N–H and O–H groups in total. The van der Waals surface area contributed by atoms with Crippen LogP contribution >= 0.6 is 0 Å². The molecule has 2 aromatic rings. The number of hydrogen-bond donors (Lipinski definition) is 1. The van der Waals surface area contributed by atoms with E-state index < -0.39 is 0 Å². The molecule has 1 saturated heterocycles. The van der Waals surface area contributed by atoms with Crippen LogP contribution in [-0.4, -0.2) is 63.0 Å². The van der Waals surface area contributed by atoms with E-state index in [2.05, 4.69) is 46.1 Å². The van der Waals surface area contributed by atoms with Gasteiger partial charge in [0.1, 0.15) is 12.1 Å². The van der Waals surface area contributed by atoms with Gasteiger partial charge in [-0.1, -0.05) is 0 Å². The van der Waals surface area contributed by atoms with E-state index in [0.29, 0.717) is 0 Å². The number of anilines is 1. The van der Waals surface area contributed by atoms with Gasteiger partial charge in [-0.05, 0) is 33.6 Å². The molecule has 0 radical (unpaired) electrons. The van der Waals surface area contributed by atoms with Crippen LogP contribution in [0, 0.1) is 0 Å². The summed E-state index contributed by atoms with van der Waals surface area (Å²) < 4.78 is 7.86. The van der Waals surface area contributed by atoms with Crippen LogP contribution in [0.25, 0.3) is 11.0 Å². The van der Waals surface area contributed by atoms with Crippen molar-refractivity contribution in [3.8, 4) is 0 Å². The third kappa shape index (κ3) is 3.10. The van der Waals surface area contributed by atoms with Crippen molar-refractivity contribution in [3.05, 3.63) is 12.5 Å². The van der Waals surface area contributed by atoms with E-state index in [1.807, 2.05) is 10.9 Å². The van der Waals surface area contributed by atoms with E-state index in [1.165, 1.54) is 12.8 Å². The summed E-state index contributed by atoms with van der Waals surface area (Å²) >= 11 is 0. The predicted octanol–water partition coefficient (Wildman–Crippen LogP) is 1.86. The van der Waals surface area contributed by atoms with Gasteiger partial charge >= 0.3 is 0 Å². The SMILES string of the molecule is CC(C)(C)n1ncc2c(NCC3CN(C4CC4)CCO3)ncnc21. The highest BCUT2D eigenvalue weighted by molar-refractivity contribution is 5.86.